The number of benzene rings is 1. The molecule has 0 atom stereocenters. The quantitative estimate of drug-likeness (QED) is 0.928. The molecule has 1 N–H and O–H groups in total. The van der Waals surface area contributed by atoms with E-state index in [2.05, 4.69) is 58.5 Å². The van der Waals surface area contributed by atoms with Gasteiger partial charge in [-0.2, -0.15) is 5.10 Å². The van der Waals surface area contributed by atoms with Crippen LogP contribution in [-0.4, -0.2) is 9.78 Å². The largest absolute Gasteiger partial charge is 0.381 e. The van der Waals surface area contributed by atoms with E-state index < -0.39 is 0 Å². The molecule has 1 aromatic heterocycles. The van der Waals surface area contributed by atoms with Crippen LogP contribution in [0.1, 0.15) is 31.0 Å². The Kier molecular flexibility index (Phi) is 4.07. The van der Waals surface area contributed by atoms with E-state index in [-0.39, 0.29) is 0 Å². The average molecular weight is 308 g/mol. The van der Waals surface area contributed by atoms with Crippen molar-refractivity contribution in [2.75, 3.05) is 5.32 Å². The summed E-state index contributed by atoms with van der Waals surface area (Å²) in [6.45, 7) is 5.15. The van der Waals surface area contributed by atoms with E-state index in [1.54, 1.807) is 0 Å². The molecule has 3 nitrogen and oxygen atoms in total. The normalized spacial score (nSPS) is 10.9. The van der Waals surface area contributed by atoms with Gasteiger partial charge in [-0.1, -0.05) is 29.8 Å². The lowest BCUT2D eigenvalue weighted by atomic mass is 10.1. The fraction of sp³-hybridized carbons (Fsp3) is 0.357. The van der Waals surface area contributed by atoms with Crippen LogP contribution in [0.15, 0.2) is 34.9 Å². The Bertz CT molecular complexity index is 514. The number of nitrogens with one attached hydrogen (secondary N) is 1. The highest BCUT2D eigenvalue weighted by Crippen LogP contribution is 2.19. The van der Waals surface area contributed by atoms with Crippen molar-refractivity contribution in [2.24, 2.45) is 7.05 Å². The van der Waals surface area contributed by atoms with Crippen LogP contribution in [0, 0.1) is 0 Å². The molecule has 0 fully saturated rings. The van der Waals surface area contributed by atoms with E-state index in [1.165, 1.54) is 11.3 Å². The molecule has 0 saturated carbocycles. The summed E-state index contributed by atoms with van der Waals surface area (Å²) >= 11 is 3.43. The second-order valence-corrected chi connectivity index (χ2v) is 5.64. The molecule has 0 spiro atoms. The second kappa shape index (κ2) is 5.57. The van der Waals surface area contributed by atoms with Crippen LogP contribution in [-0.2, 0) is 13.6 Å². The number of aryl methyl sites for hydroxylation is 1. The number of rotatable bonds is 4. The first kappa shape index (κ1) is 13.1. The molecule has 4 heteroatoms. The van der Waals surface area contributed by atoms with Gasteiger partial charge in [0.05, 0.1) is 5.69 Å². The molecule has 1 aromatic carbocycles. The molecule has 0 aliphatic heterocycles. The summed E-state index contributed by atoms with van der Waals surface area (Å²) in [5, 5.41) is 7.93. The summed E-state index contributed by atoms with van der Waals surface area (Å²) in [5.41, 5.74) is 3.55. The van der Waals surface area contributed by atoms with Gasteiger partial charge in [-0.15, -0.1) is 0 Å². The Labute approximate surface area is 116 Å². The molecule has 0 aliphatic rings. The highest BCUT2D eigenvalue weighted by molar-refractivity contribution is 9.10. The van der Waals surface area contributed by atoms with Gasteiger partial charge in [0.1, 0.15) is 0 Å². The molecular formula is C14H18BrN3. The fourth-order valence-electron chi connectivity index (χ4n) is 1.94. The van der Waals surface area contributed by atoms with Gasteiger partial charge in [-0.05, 0) is 30.2 Å². The van der Waals surface area contributed by atoms with Crippen molar-refractivity contribution in [3.05, 3.63) is 46.2 Å². The van der Waals surface area contributed by atoms with Crippen LogP contribution in [0.3, 0.4) is 0 Å². The lowest BCUT2D eigenvalue weighted by Crippen LogP contribution is -2.02. The minimum Gasteiger partial charge on any atom is -0.381 e. The molecule has 2 aromatic rings. The molecule has 0 saturated heterocycles. The SMILES string of the molecule is CC(C)c1nn(C)cc1CNc1ccc(Br)cc1. The number of nitrogens with zero attached hydrogens (tertiary/aromatic N) is 2. The summed E-state index contributed by atoms with van der Waals surface area (Å²) in [6.07, 6.45) is 2.08. The van der Waals surface area contributed by atoms with Gasteiger partial charge < -0.3 is 5.32 Å². The van der Waals surface area contributed by atoms with Gasteiger partial charge >= 0.3 is 0 Å². The van der Waals surface area contributed by atoms with Gasteiger partial charge in [-0.25, -0.2) is 0 Å². The maximum absolute atomic E-state index is 4.51. The monoisotopic (exact) mass is 307 g/mol. The van der Waals surface area contributed by atoms with Crippen molar-refractivity contribution >= 4 is 21.6 Å². The van der Waals surface area contributed by atoms with Crippen LogP contribution >= 0.6 is 15.9 Å². The van der Waals surface area contributed by atoms with Crippen molar-refractivity contribution in [1.29, 1.82) is 0 Å². The molecule has 0 aliphatic carbocycles. The van der Waals surface area contributed by atoms with Crippen molar-refractivity contribution < 1.29 is 0 Å². The zero-order valence-electron chi connectivity index (χ0n) is 10.9. The number of aromatic nitrogens is 2. The highest BCUT2D eigenvalue weighted by Gasteiger charge is 2.10. The Morgan fingerprint density at radius 1 is 1.28 bits per heavy atom. The maximum Gasteiger partial charge on any atom is 0.0699 e. The van der Waals surface area contributed by atoms with Crippen LogP contribution in [0.4, 0.5) is 5.69 Å². The average Bonchev–Trinajstić information content (AvgIpc) is 2.70. The van der Waals surface area contributed by atoms with Crippen molar-refractivity contribution in [2.45, 2.75) is 26.3 Å². The topological polar surface area (TPSA) is 29.9 Å². The van der Waals surface area contributed by atoms with Gasteiger partial charge in [0.2, 0.25) is 0 Å². The molecule has 2 rings (SSSR count). The van der Waals surface area contributed by atoms with E-state index in [4.69, 9.17) is 0 Å². The Morgan fingerprint density at radius 3 is 2.56 bits per heavy atom. The summed E-state index contributed by atoms with van der Waals surface area (Å²) in [4.78, 5) is 0. The Hall–Kier alpha value is -1.29. The molecule has 0 unspecified atom stereocenters. The van der Waals surface area contributed by atoms with Crippen LogP contribution in [0.25, 0.3) is 0 Å². The van der Waals surface area contributed by atoms with Gasteiger partial charge in [0, 0.05) is 35.5 Å². The number of hydrogen-bond acceptors (Lipinski definition) is 2. The summed E-state index contributed by atoms with van der Waals surface area (Å²) in [6, 6.07) is 8.20. The van der Waals surface area contributed by atoms with Gasteiger partial charge in [0.15, 0.2) is 0 Å². The molecule has 1 heterocycles. The zero-order chi connectivity index (χ0) is 13.1. The summed E-state index contributed by atoms with van der Waals surface area (Å²) < 4.78 is 2.98. The molecular weight excluding hydrogens is 290 g/mol. The smallest absolute Gasteiger partial charge is 0.0699 e. The van der Waals surface area contributed by atoms with Crippen molar-refractivity contribution in [1.82, 2.24) is 9.78 Å². The van der Waals surface area contributed by atoms with E-state index in [9.17, 15) is 0 Å². The van der Waals surface area contributed by atoms with Crippen LogP contribution in [0.5, 0.6) is 0 Å². The third kappa shape index (κ3) is 3.13. The van der Waals surface area contributed by atoms with Gasteiger partial charge in [-0.3, -0.25) is 4.68 Å². The fourth-order valence-corrected chi connectivity index (χ4v) is 2.21. The third-order valence-electron chi connectivity index (χ3n) is 2.81. The predicted octanol–water partition coefficient (Wildman–Crippen LogP) is 3.92. The highest BCUT2D eigenvalue weighted by atomic mass is 79.9. The Balaban J connectivity index is 2.08. The third-order valence-corrected chi connectivity index (χ3v) is 3.34. The van der Waals surface area contributed by atoms with Crippen LogP contribution < -0.4 is 5.32 Å². The first-order chi connectivity index (χ1) is 8.56. The molecule has 18 heavy (non-hydrogen) atoms. The molecule has 96 valence electrons. The lowest BCUT2D eigenvalue weighted by molar-refractivity contribution is 0.712. The predicted molar refractivity (Wildman–Crippen MR) is 78.8 cm³/mol. The first-order valence-electron chi connectivity index (χ1n) is 6.08. The van der Waals surface area contributed by atoms with Crippen LogP contribution in [0.2, 0.25) is 0 Å². The zero-order valence-corrected chi connectivity index (χ0v) is 12.5. The summed E-state index contributed by atoms with van der Waals surface area (Å²) in [7, 11) is 1.97. The second-order valence-electron chi connectivity index (χ2n) is 4.73. The number of anilines is 1. The molecule has 0 bridgehead atoms. The summed E-state index contributed by atoms with van der Waals surface area (Å²) in [5.74, 6) is 0.452. The maximum atomic E-state index is 4.51. The van der Waals surface area contributed by atoms with Crippen molar-refractivity contribution in [3.63, 3.8) is 0 Å². The van der Waals surface area contributed by atoms with Crippen molar-refractivity contribution in [3.8, 4) is 0 Å². The van der Waals surface area contributed by atoms with Gasteiger partial charge in [0.25, 0.3) is 0 Å². The lowest BCUT2D eigenvalue weighted by Gasteiger charge is -2.08. The molecule has 0 radical (unpaired) electrons. The van der Waals surface area contributed by atoms with E-state index in [0.717, 1.165) is 16.7 Å². The number of halogens is 1. The first-order valence-corrected chi connectivity index (χ1v) is 6.87. The minimum atomic E-state index is 0.452. The number of hydrogen-bond donors (Lipinski definition) is 1. The standard InChI is InChI=1S/C14H18BrN3/c1-10(2)14-11(9-18(3)17-14)8-16-13-6-4-12(15)5-7-13/h4-7,9-10,16H,8H2,1-3H3. The van der Waals surface area contributed by atoms with E-state index >= 15 is 0 Å². The minimum absolute atomic E-state index is 0.452. The van der Waals surface area contributed by atoms with E-state index in [0.29, 0.717) is 5.92 Å². The Morgan fingerprint density at radius 2 is 1.94 bits per heavy atom. The molecule has 0 amide bonds. The van der Waals surface area contributed by atoms with E-state index in [1.807, 2.05) is 23.9 Å².